The predicted octanol–water partition coefficient (Wildman–Crippen LogP) is 2.00. The van der Waals surface area contributed by atoms with E-state index in [0.717, 1.165) is 6.54 Å². The predicted molar refractivity (Wildman–Crippen MR) is 75.7 cm³/mol. The summed E-state index contributed by atoms with van der Waals surface area (Å²) in [4.78, 5) is 2.44. The highest BCUT2D eigenvalue weighted by Crippen LogP contribution is 2.42. The third-order valence-electron chi connectivity index (χ3n) is 4.70. The SMILES string of the molecule is CCCC(C)N(C)CC(CO)(NC1CC1)C1CC1. The van der Waals surface area contributed by atoms with Crippen LogP contribution in [-0.2, 0) is 0 Å². The second-order valence-corrected chi connectivity index (χ2v) is 6.56. The Bertz CT molecular complexity index is 263. The molecule has 0 bridgehead atoms. The molecule has 0 aliphatic heterocycles. The number of aliphatic hydroxyl groups excluding tert-OH is 1. The van der Waals surface area contributed by atoms with Crippen LogP contribution in [0, 0.1) is 5.92 Å². The molecule has 0 amide bonds. The van der Waals surface area contributed by atoms with E-state index in [9.17, 15) is 5.11 Å². The van der Waals surface area contributed by atoms with Crippen molar-refractivity contribution in [3.8, 4) is 0 Å². The van der Waals surface area contributed by atoms with Gasteiger partial charge in [0.25, 0.3) is 0 Å². The molecule has 3 nitrogen and oxygen atoms in total. The standard InChI is InChI=1S/C15H30N2O/c1-4-5-12(2)17(3)10-15(11-18,13-6-7-13)16-14-8-9-14/h12-14,16,18H,4-11H2,1-3H3. The Balaban J connectivity index is 1.94. The van der Waals surface area contributed by atoms with E-state index in [1.165, 1.54) is 38.5 Å². The zero-order valence-electron chi connectivity index (χ0n) is 12.3. The van der Waals surface area contributed by atoms with Crippen molar-refractivity contribution in [2.45, 2.75) is 70.0 Å². The van der Waals surface area contributed by atoms with Gasteiger partial charge >= 0.3 is 0 Å². The van der Waals surface area contributed by atoms with Gasteiger partial charge in [-0.15, -0.1) is 0 Å². The molecule has 0 saturated heterocycles. The highest BCUT2D eigenvalue weighted by atomic mass is 16.3. The molecule has 106 valence electrons. The van der Waals surface area contributed by atoms with E-state index < -0.39 is 0 Å². The normalized spacial score (nSPS) is 25.2. The molecule has 3 heteroatoms. The van der Waals surface area contributed by atoms with Gasteiger partial charge in [-0.2, -0.15) is 0 Å². The van der Waals surface area contributed by atoms with Gasteiger partial charge in [-0.1, -0.05) is 13.3 Å². The summed E-state index contributed by atoms with van der Waals surface area (Å²) < 4.78 is 0. The molecule has 2 unspecified atom stereocenters. The van der Waals surface area contributed by atoms with Gasteiger partial charge in [0.2, 0.25) is 0 Å². The highest BCUT2D eigenvalue weighted by molar-refractivity contribution is 5.06. The van der Waals surface area contributed by atoms with Crippen LogP contribution in [0.25, 0.3) is 0 Å². The monoisotopic (exact) mass is 254 g/mol. The minimum atomic E-state index is -0.0298. The van der Waals surface area contributed by atoms with Gasteiger partial charge in [0.15, 0.2) is 0 Å². The van der Waals surface area contributed by atoms with Crippen molar-refractivity contribution in [3.63, 3.8) is 0 Å². The third kappa shape index (κ3) is 3.46. The fourth-order valence-electron chi connectivity index (χ4n) is 3.03. The van der Waals surface area contributed by atoms with Gasteiger partial charge in [-0.3, -0.25) is 0 Å². The van der Waals surface area contributed by atoms with Crippen molar-refractivity contribution in [2.75, 3.05) is 20.2 Å². The van der Waals surface area contributed by atoms with Crippen molar-refractivity contribution < 1.29 is 5.11 Å². The van der Waals surface area contributed by atoms with Crippen LogP contribution >= 0.6 is 0 Å². The van der Waals surface area contributed by atoms with Crippen molar-refractivity contribution >= 4 is 0 Å². The molecule has 0 aromatic rings. The van der Waals surface area contributed by atoms with Gasteiger partial charge in [0.1, 0.15) is 0 Å². The average molecular weight is 254 g/mol. The molecular formula is C15H30N2O. The topological polar surface area (TPSA) is 35.5 Å². The first kappa shape index (κ1) is 14.3. The first-order valence-electron chi connectivity index (χ1n) is 7.70. The van der Waals surface area contributed by atoms with E-state index >= 15 is 0 Å². The maximum absolute atomic E-state index is 9.94. The van der Waals surface area contributed by atoms with Crippen LogP contribution in [0.1, 0.15) is 52.4 Å². The number of rotatable bonds is 9. The quantitative estimate of drug-likeness (QED) is 0.660. The Kier molecular flexibility index (Phi) is 4.68. The van der Waals surface area contributed by atoms with Crippen LogP contribution in [0.4, 0.5) is 0 Å². The molecule has 2 fully saturated rings. The number of nitrogens with zero attached hydrogens (tertiary/aromatic N) is 1. The number of likely N-dealkylation sites (N-methyl/N-ethyl adjacent to an activating group) is 1. The molecule has 2 N–H and O–H groups in total. The van der Waals surface area contributed by atoms with Crippen LogP contribution in [0.3, 0.4) is 0 Å². The molecule has 0 aromatic carbocycles. The van der Waals surface area contributed by atoms with Crippen LogP contribution in [0.15, 0.2) is 0 Å². The molecule has 2 rings (SSSR count). The Labute approximate surface area is 112 Å². The molecule has 0 heterocycles. The Hall–Kier alpha value is -0.120. The summed E-state index contributed by atoms with van der Waals surface area (Å²) >= 11 is 0. The largest absolute Gasteiger partial charge is 0.394 e. The van der Waals surface area contributed by atoms with E-state index in [2.05, 4.69) is 31.1 Å². The van der Waals surface area contributed by atoms with Gasteiger partial charge in [-0.25, -0.2) is 0 Å². The lowest BCUT2D eigenvalue weighted by molar-refractivity contribution is 0.0832. The van der Waals surface area contributed by atoms with Crippen LogP contribution in [0.5, 0.6) is 0 Å². The van der Waals surface area contributed by atoms with Crippen molar-refractivity contribution in [1.82, 2.24) is 10.2 Å². The first-order valence-corrected chi connectivity index (χ1v) is 7.70. The average Bonchev–Trinajstić information content (AvgIpc) is 3.20. The Morgan fingerprint density at radius 3 is 2.44 bits per heavy atom. The van der Waals surface area contributed by atoms with Gasteiger partial charge < -0.3 is 15.3 Å². The molecule has 2 atom stereocenters. The lowest BCUT2D eigenvalue weighted by Gasteiger charge is -2.39. The summed E-state index contributed by atoms with van der Waals surface area (Å²) in [6.45, 7) is 5.83. The second-order valence-electron chi connectivity index (χ2n) is 6.56. The summed E-state index contributed by atoms with van der Waals surface area (Å²) in [6, 6.07) is 1.29. The Morgan fingerprint density at radius 2 is 2.00 bits per heavy atom. The number of aliphatic hydroxyl groups is 1. The maximum atomic E-state index is 9.94. The number of nitrogens with one attached hydrogen (secondary N) is 1. The maximum Gasteiger partial charge on any atom is 0.0628 e. The van der Waals surface area contributed by atoms with Crippen LogP contribution in [-0.4, -0.2) is 47.8 Å². The van der Waals surface area contributed by atoms with Gasteiger partial charge in [0, 0.05) is 18.6 Å². The molecule has 0 aromatic heterocycles. The fraction of sp³-hybridized carbons (Fsp3) is 1.00. The zero-order valence-corrected chi connectivity index (χ0v) is 12.3. The van der Waals surface area contributed by atoms with E-state index in [1.54, 1.807) is 0 Å². The lowest BCUT2D eigenvalue weighted by Crippen LogP contribution is -2.59. The lowest BCUT2D eigenvalue weighted by atomic mass is 9.92. The highest BCUT2D eigenvalue weighted by Gasteiger charge is 2.48. The van der Waals surface area contributed by atoms with Gasteiger partial charge in [0.05, 0.1) is 12.1 Å². The summed E-state index contributed by atoms with van der Waals surface area (Å²) in [7, 11) is 2.21. The Morgan fingerprint density at radius 1 is 1.33 bits per heavy atom. The minimum Gasteiger partial charge on any atom is -0.394 e. The molecule has 18 heavy (non-hydrogen) atoms. The second kappa shape index (κ2) is 5.89. The molecule has 2 aliphatic carbocycles. The first-order chi connectivity index (χ1) is 8.61. The summed E-state index contributed by atoms with van der Waals surface area (Å²) in [5.74, 6) is 0.694. The van der Waals surface area contributed by atoms with Crippen molar-refractivity contribution in [3.05, 3.63) is 0 Å². The molecule has 0 radical (unpaired) electrons. The third-order valence-corrected chi connectivity index (χ3v) is 4.70. The number of hydrogen-bond donors (Lipinski definition) is 2. The van der Waals surface area contributed by atoms with E-state index in [1.807, 2.05) is 0 Å². The summed E-state index contributed by atoms with van der Waals surface area (Å²) in [5, 5.41) is 13.7. The number of hydrogen-bond acceptors (Lipinski definition) is 3. The summed E-state index contributed by atoms with van der Waals surface area (Å²) in [5.41, 5.74) is -0.0298. The zero-order chi connectivity index (χ0) is 13.2. The van der Waals surface area contributed by atoms with E-state index in [0.29, 0.717) is 18.0 Å². The molecular weight excluding hydrogens is 224 g/mol. The van der Waals surface area contributed by atoms with Crippen LogP contribution in [0.2, 0.25) is 0 Å². The molecule has 2 aliphatic rings. The molecule has 2 saturated carbocycles. The van der Waals surface area contributed by atoms with E-state index in [4.69, 9.17) is 0 Å². The van der Waals surface area contributed by atoms with Crippen molar-refractivity contribution in [2.24, 2.45) is 5.92 Å². The van der Waals surface area contributed by atoms with Gasteiger partial charge in [-0.05, 0) is 52.0 Å². The van der Waals surface area contributed by atoms with Crippen molar-refractivity contribution in [1.29, 1.82) is 0 Å². The van der Waals surface area contributed by atoms with E-state index in [-0.39, 0.29) is 12.1 Å². The molecule has 0 spiro atoms. The minimum absolute atomic E-state index is 0.0298. The smallest absolute Gasteiger partial charge is 0.0628 e. The van der Waals surface area contributed by atoms with Crippen LogP contribution < -0.4 is 5.32 Å². The summed E-state index contributed by atoms with van der Waals surface area (Å²) in [6.07, 6.45) is 7.64. The fourth-order valence-corrected chi connectivity index (χ4v) is 3.03.